The lowest BCUT2D eigenvalue weighted by Crippen LogP contribution is -2.30. The summed E-state index contributed by atoms with van der Waals surface area (Å²) in [6, 6.07) is 0. The van der Waals surface area contributed by atoms with Crippen molar-refractivity contribution in [2.75, 3.05) is 13.2 Å². The minimum Gasteiger partial charge on any atom is -0.481 e. The Morgan fingerprint density at radius 3 is 2.36 bits per heavy atom. The summed E-state index contributed by atoms with van der Waals surface area (Å²) in [6.45, 7) is 0.463. The minimum absolute atomic E-state index is 0.256. The van der Waals surface area contributed by atoms with Gasteiger partial charge in [-0.1, -0.05) is 0 Å². The lowest BCUT2D eigenvalue weighted by atomic mass is 10.2. The van der Waals surface area contributed by atoms with Crippen molar-refractivity contribution in [1.82, 2.24) is 0 Å². The van der Waals surface area contributed by atoms with Gasteiger partial charge in [0.15, 0.2) is 5.78 Å². The van der Waals surface area contributed by atoms with E-state index in [9.17, 15) is 9.59 Å². The molecule has 0 heterocycles. The number of aliphatic hydroxyl groups excluding tert-OH is 2. The molecule has 0 saturated carbocycles. The number of carbonyl (C=O) groups is 2. The van der Waals surface area contributed by atoms with Gasteiger partial charge < -0.3 is 20.1 Å². The Bertz CT molecular complexity index is 202. The SMILES string of the molecule is CC(=O)C(CC(=O)O)OCC(O)CO. The first-order valence-corrected chi connectivity index (χ1v) is 4.10. The Hall–Kier alpha value is -0.980. The van der Waals surface area contributed by atoms with Crippen LogP contribution in [0.1, 0.15) is 13.3 Å². The fraction of sp³-hybridized carbons (Fsp3) is 0.750. The molecule has 2 atom stereocenters. The van der Waals surface area contributed by atoms with Gasteiger partial charge >= 0.3 is 5.97 Å². The molecule has 0 rings (SSSR count). The highest BCUT2D eigenvalue weighted by atomic mass is 16.5. The molecule has 0 amide bonds. The Balaban J connectivity index is 3.97. The van der Waals surface area contributed by atoms with Crippen molar-refractivity contribution in [3.63, 3.8) is 0 Å². The van der Waals surface area contributed by atoms with Crippen LogP contribution in [0.2, 0.25) is 0 Å². The Kier molecular flexibility index (Phi) is 6.02. The predicted molar refractivity (Wildman–Crippen MR) is 45.8 cm³/mol. The summed E-state index contributed by atoms with van der Waals surface area (Å²) in [5.41, 5.74) is 0. The van der Waals surface area contributed by atoms with E-state index >= 15 is 0 Å². The summed E-state index contributed by atoms with van der Waals surface area (Å²) in [5, 5.41) is 25.7. The number of carbonyl (C=O) groups excluding carboxylic acids is 1. The van der Waals surface area contributed by atoms with E-state index in [4.69, 9.17) is 20.1 Å². The first-order valence-electron chi connectivity index (χ1n) is 4.10. The Morgan fingerprint density at radius 2 is 2.00 bits per heavy atom. The molecule has 3 N–H and O–H groups in total. The number of rotatable bonds is 7. The topological polar surface area (TPSA) is 104 Å². The standard InChI is InChI=1S/C8H14O6/c1-5(10)7(2-8(12)13)14-4-6(11)3-9/h6-7,9,11H,2-4H2,1H3,(H,12,13). The van der Waals surface area contributed by atoms with Gasteiger partial charge in [-0.15, -0.1) is 0 Å². The molecule has 0 aromatic heterocycles. The van der Waals surface area contributed by atoms with Gasteiger partial charge in [-0.25, -0.2) is 0 Å². The van der Waals surface area contributed by atoms with E-state index in [1.165, 1.54) is 6.92 Å². The molecule has 6 heteroatoms. The molecule has 0 spiro atoms. The molecule has 0 radical (unpaired) electrons. The number of Topliss-reactive ketones (excluding diaryl/α,β-unsaturated/α-hetero) is 1. The van der Waals surface area contributed by atoms with Crippen molar-refractivity contribution in [3.8, 4) is 0 Å². The van der Waals surface area contributed by atoms with Crippen LogP contribution in [0, 0.1) is 0 Å². The third-order valence-electron chi connectivity index (χ3n) is 1.51. The third kappa shape index (κ3) is 5.63. The molecule has 0 fully saturated rings. The van der Waals surface area contributed by atoms with Gasteiger partial charge in [0.1, 0.15) is 12.2 Å². The quantitative estimate of drug-likeness (QED) is 0.482. The summed E-state index contributed by atoms with van der Waals surface area (Å²) in [5.74, 6) is -1.57. The van der Waals surface area contributed by atoms with E-state index in [0.29, 0.717) is 0 Å². The summed E-state index contributed by atoms with van der Waals surface area (Å²) in [7, 11) is 0. The molecular formula is C8H14O6. The van der Waals surface area contributed by atoms with E-state index in [1.807, 2.05) is 0 Å². The number of ether oxygens (including phenoxy) is 1. The molecular weight excluding hydrogens is 192 g/mol. The van der Waals surface area contributed by atoms with Gasteiger partial charge in [0, 0.05) is 0 Å². The molecule has 2 unspecified atom stereocenters. The molecule has 0 bridgehead atoms. The first kappa shape index (κ1) is 13.0. The van der Waals surface area contributed by atoms with Crippen LogP contribution >= 0.6 is 0 Å². The zero-order valence-corrected chi connectivity index (χ0v) is 7.84. The van der Waals surface area contributed by atoms with Crippen molar-refractivity contribution in [3.05, 3.63) is 0 Å². The van der Waals surface area contributed by atoms with Crippen LogP contribution in [-0.4, -0.2) is 52.5 Å². The van der Waals surface area contributed by atoms with Crippen molar-refractivity contribution >= 4 is 11.8 Å². The van der Waals surface area contributed by atoms with Crippen LogP contribution in [0.15, 0.2) is 0 Å². The van der Waals surface area contributed by atoms with Crippen LogP contribution < -0.4 is 0 Å². The van der Waals surface area contributed by atoms with E-state index in [0.717, 1.165) is 0 Å². The second-order valence-corrected chi connectivity index (χ2v) is 2.87. The highest BCUT2D eigenvalue weighted by molar-refractivity contribution is 5.84. The van der Waals surface area contributed by atoms with Gasteiger partial charge in [0.2, 0.25) is 0 Å². The summed E-state index contributed by atoms with van der Waals surface area (Å²) >= 11 is 0. The van der Waals surface area contributed by atoms with Gasteiger partial charge in [0.25, 0.3) is 0 Å². The van der Waals surface area contributed by atoms with E-state index in [-0.39, 0.29) is 6.61 Å². The summed E-state index contributed by atoms with van der Waals surface area (Å²) < 4.78 is 4.83. The molecule has 0 aromatic rings. The van der Waals surface area contributed by atoms with Crippen molar-refractivity contribution < 1.29 is 29.6 Å². The minimum atomic E-state index is -1.15. The third-order valence-corrected chi connectivity index (χ3v) is 1.51. The normalized spacial score (nSPS) is 14.8. The van der Waals surface area contributed by atoms with Crippen molar-refractivity contribution in [1.29, 1.82) is 0 Å². The molecule has 0 aliphatic heterocycles. The molecule has 14 heavy (non-hydrogen) atoms. The number of hydrogen-bond donors (Lipinski definition) is 3. The fourth-order valence-corrected chi connectivity index (χ4v) is 0.759. The molecule has 0 saturated heterocycles. The monoisotopic (exact) mass is 206 g/mol. The van der Waals surface area contributed by atoms with E-state index < -0.39 is 37.0 Å². The van der Waals surface area contributed by atoms with Gasteiger partial charge in [-0.3, -0.25) is 9.59 Å². The lowest BCUT2D eigenvalue weighted by molar-refractivity contribution is -0.146. The van der Waals surface area contributed by atoms with Crippen molar-refractivity contribution in [2.45, 2.75) is 25.6 Å². The number of aliphatic carboxylic acids is 1. The van der Waals surface area contributed by atoms with Gasteiger partial charge in [-0.05, 0) is 6.92 Å². The van der Waals surface area contributed by atoms with Gasteiger partial charge in [-0.2, -0.15) is 0 Å². The molecule has 0 aliphatic carbocycles. The fourth-order valence-electron chi connectivity index (χ4n) is 0.759. The predicted octanol–water partition coefficient (Wildman–Crippen LogP) is -1.21. The number of carboxylic acids is 1. The maximum absolute atomic E-state index is 10.8. The van der Waals surface area contributed by atoms with Gasteiger partial charge in [0.05, 0.1) is 19.6 Å². The molecule has 6 nitrogen and oxygen atoms in total. The summed E-state index contributed by atoms with van der Waals surface area (Å²) in [4.78, 5) is 21.1. The second-order valence-electron chi connectivity index (χ2n) is 2.87. The molecule has 0 aliphatic rings. The highest BCUT2D eigenvalue weighted by Crippen LogP contribution is 2.01. The van der Waals surface area contributed by atoms with Crippen molar-refractivity contribution in [2.24, 2.45) is 0 Å². The maximum atomic E-state index is 10.8. The van der Waals surface area contributed by atoms with Crippen LogP contribution in [-0.2, 0) is 14.3 Å². The zero-order chi connectivity index (χ0) is 11.1. The van der Waals surface area contributed by atoms with Crippen LogP contribution in [0.25, 0.3) is 0 Å². The summed E-state index contributed by atoms with van der Waals surface area (Å²) in [6.07, 6.45) is -2.59. The second kappa shape index (κ2) is 6.47. The Morgan fingerprint density at radius 1 is 1.43 bits per heavy atom. The first-order chi connectivity index (χ1) is 6.47. The number of carboxylic acid groups (broad SMARTS) is 1. The number of ketones is 1. The highest BCUT2D eigenvalue weighted by Gasteiger charge is 2.19. The number of aliphatic hydroxyl groups is 2. The van der Waals surface area contributed by atoms with E-state index in [2.05, 4.69) is 0 Å². The average molecular weight is 206 g/mol. The van der Waals surface area contributed by atoms with Crippen LogP contribution in [0.3, 0.4) is 0 Å². The maximum Gasteiger partial charge on any atom is 0.306 e. The lowest BCUT2D eigenvalue weighted by Gasteiger charge is -2.14. The molecule has 82 valence electrons. The largest absolute Gasteiger partial charge is 0.481 e. The zero-order valence-electron chi connectivity index (χ0n) is 7.84. The molecule has 0 aromatic carbocycles. The van der Waals surface area contributed by atoms with E-state index in [1.54, 1.807) is 0 Å². The smallest absolute Gasteiger partial charge is 0.306 e. The van der Waals surface area contributed by atoms with Crippen LogP contribution in [0.5, 0.6) is 0 Å². The average Bonchev–Trinajstić information content (AvgIpc) is 2.10. The Labute approximate surface area is 81.1 Å². The van der Waals surface area contributed by atoms with Crippen LogP contribution in [0.4, 0.5) is 0 Å². The number of hydrogen-bond acceptors (Lipinski definition) is 5.